The second-order valence-corrected chi connectivity index (χ2v) is 5.44. The van der Waals surface area contributed by atoms with Crippen molar-refractivity contribution in [2.24, 2.45) is 0 Å². The first-order chi connectivity index (χ1) is 9.06. The molecule has 2 aromatic rings. The fourth-order valence-corrected chi connectivity index (χ4v) is 2.15. The van der Waals surface area contributed by atoms with Crippen LogP contribution in [0.15, 0.2) is 35.7 Å². The Bertz CT molecular complexity index is 566. The zero-order chi connectivity index (χ0) is 13.8. The number of benzene rings is 1. The van der Waals surface area contributed by atoms with Crippen LogP contribution >= 0.6 is 11.8 Å². The van der Waals surface area contributed by atoms with Crippen molar-refractivity contribution in [2.45, 2.75) is 24.3 Å². The second-order valence-electron chi connectivity index (χ2n) is 4.14. The molecular weight excluding hydrogens is 262 g/mol. The molecule has 0 bridgehead atoms. The number of hydrogen-bond donors (Lipinski definition) is 2. The van der Waals surface area contributed by atoms with E-state index in [0.29, 0.717) is 5.16 Å². The summed E-state index contributed by atoms with van der Waals surface area (Å²) in [5, 5.41) is 10.5. The van der Waals surface area contributed by atoms with Gasteiger partial charge in [-0.2, -0.15) is 0 Å². The third-order valence-electron chi connectivity index (χ3n) is 2.51. The van der Waals surface area contributed by atoms with Gasteiger partial charge in [0.05, 0.1) is 5.25 Å². The number of amides is 1. The van der Waals surface area contributed by atoms with Crippen molar-refractivity contribution >= 4 is 23.4 Å². The Morgan fingerprint density at radius 1 is 1.42 bits per heavy atom. The van der Waals surface area contributed by atoms with Crippen molar-refractivity contribution in [3.8, 4) is 0 Å². The first-order valence-electron chi connectivity index (χ1n) is 5.75. The summed E-state index contributed by atoms with van der Waals surface area (Å²) in [7, 11) is 0. The van der Waals surface area contributed by atoms with E-state index in [0.717, 1.165) is 11.3 Å². The molecule has 19 heavy (non-hydrogen) atoms. The number of nitrogen functional groups attached to an aromatic ring is 1. The van der Waals surface area contributed by atoms with Gasteiger partial charge in [0.2, 0.25) is 11.1 Å². The van der Waals surface area contributed by atoms with Gasteiger partial charge < -0.3 is 11.2 Å². The topological polar surface area (TPSA) is 85.8 Å². The molecule has 0 unspecified atom stereocenters. The number of aryl methyl sites for hydroxylation is 1. The first-order valence-corrected chi connectivity index (χ1v) is 6.63. The van der Waals surface area contributed by atoms with Gasteiger partial charge in [-0.15, -0.1) is 10.2 Å². The molecule has 0 aliphatic rings. The molecule has 1 aromatic carbocycles. The summed E-state index contributed by atoms with van der Waals surface area (Å²) >= 11 is 1.26. The molecule has 0 radical (unpaired) electrons. The number of nitrogens with two attached hydrogens (primary N) is 1. The Balaban J connectivity index is 1.96. The van der Waals surface area contributed by atoms with Crippen molar-refractivity contribution in [3.63, 3.8) is 0 Å². The molecule has 6 nitrogen and oxygen atoms in total. The van der Waals surface area contributed by atoms with E-state index in [4.69, 9.17) is 5.84 Å². The van der Waals surface area contributed by atoms with Crippen molar-refractivity contribution in [1.29, 1.82) is 0 Å². The Labute approximate surface area is 115 Å². The summed E-state index contributed by atoms with van der Waals surface area (Å²) in [6.07, 6.45) is 1.40. The lowest BCUT2D eigenvalue weighted by atomic mass is 10.2. The first kappa shape index (κ1) is 13.4. The highest BCUT2D eigenvalue weighted by Crippen LogP contribution is 2.20. The molecule has 7 heteroatoms. The van der Waals surface area contributed by atoms with Crippen LogP contribution in [0.25, 0.3) is 0 Å². The highest BCUT2D eigenvalue weighted by Gasteiger charge is 2.17. The number of nitrogens with zero attached hydrogens (tertiary/aromatic N) is 3. The van der Waals surface area contributed by atoms with Crippen LogP contribution in [-0.4, -0.2) is 26.0 Å². The predicted octanol–water partition coefficient (Wildman–Crippen LogP) is 1.42. The van der Waals surface area contributed by atoms with E-state index in [-0.39, 0.29) is 11.2 Å². The average molecular weight is 277 g/mol. The number of rotatable bonds is 4. The molecule has 1 aromatic heterocycles. The van der Waals surface area contributed by atoms with E-state index in [2.05, 4.69) is 15.5 Å². The number of aromatic nitrogens is 3. The molecule has 0 spiro atoms. The number of nitrogens with one attached hydrogen (secondary N) is 1. The van der Waals surface area contributed by atoms with Gasteiger partial charge >= 0.3 is 0 Å². The minimum Gasteiger partial charge on any atom is -0.336 e. The standard InChI is InChI=1S/C12H15N5OS/c1-8-3-5-10(6-4-8)15-11(18)9(2)19-12-16-14-7-17(12)13/h3-7,9H,13H2,1-2H3,(H,15,18)/t9-/m1/s1. The van der Waals surface area contributed by atoms with Gasteiger partial charge in [-0.1, -0.05) is 29.5 Å². The van der Waals surface area contributed by atoms with Gasteiger partial charge in [0.1, 0.15) is 6.33 Å². The molecule has 1 atom stereocenters. The fourth-order valence-electron chi connectivity index (χ4n) is 1.41. The highest BCUT2D eigenvalue weighted by atomic mass is 32.2. The molecule has 0 saturated heterocycles. The molecule has 1 heterocycles. The summed E-state index contributed by atoms with van der Waals surface area (Å²) in [6, 6.07) is 7.64. The summed E-state index contributed by atoms with van der Waals surface area (Å²) in [5.74, 6) is 5.50. The van der Waals surface area contributed by atoms with Crippen LogP contribution in [-0.2, 0) is 4.79 Å². The normalized spacial score (nSPS) is 12.1. The monoisotopic (exact) mass is 277 g/mol. The Morgan fingerprint density at radius 2 is 2.11 bits per heavy atom. The Hall–Kier alpha value is -2.02. The summed E-state index contributed by atoms with van der Waals surface area (Å²) < 4.78 is 1.29. The number of hydrogen-bond acceptors (Lipinski definition) is 5. The number of thioether (sulfide) groups is 1. The maximum absolute atomic E-state index is 12.0. The minimum absolute atomic E-state index is 0.100. The van der Waals surface area contributed by atoms with Gasteiger partial charge in [-0.05, 0) is 26.0 Å². The molecule has 0 aliphatic carbocycles. The van der Waals surface area contributed by atoms with Crippen LogP contribution in [0.4, 0.5) is 5.69 Å². The van der Waals surface area contributed by atoms with E-state index in [1.807, 2.05) is 31.2 Å². The lowest BCUT2D eigenvalue weighted by Crippen LogP contribution is -2.23. The molecule has 3 N–H and O–H groups in total. The van der Waals surface area contributed by atoms with Gasteiger partial charge in [-0.25, -0.2) is 4.68 Å². The van der Waals surface area contributed by atoms with E-state index in [9.17, 15) is 4.79 Å². The number of anilines is 1. The molecule has 2 rings (SSSR count). The predicted molar refractivity (Wildman–Crippen MR) is 75.3 cm³/mol. The van der Waals surface area contributed by atoms with Crippen molar-refractivity contribution in [1.82, 2.24) is 14.9 Å². The number of carbonyl (C=O) groups excluding carboxylic acids is 1. The van der Waals surface area contributed by atoms with E-state index >= 15 is 0 Å². The average Bonchev–Trinajstić information content (AvgIpc) is 2.78. The lowest BCUT2D eigenvalue weighted by Gasteiger charge is -2.11. The van der Waals surface area contributed by atoms with Gasteiger partial charge in [0.15, 0.2) is 0 Å². The van der Waals surface area contributed by atoms with Gasteiger partial charge in [-0.3, -0.25) is 4.79 Å². The SMILES string of the molecule is Cc1ccc(NC(=O)[C@@H](C)Sc2nncn2N)cc1. The van der Waals surface area contributed by atoms with Crippen LogP contribution in [0.5, 0.6) is 0 Å². The maximum atomic E-state index is 12.0. The Morgan fingerprint density at radius 3 is 2.68 bits per heavy atom. The molecular formula is C12H15N5OS. The minimum atomic E-state index is -0.312. The molecule has 0 saturated carbocycles. The van der Waals surface area contributed by atoms with Gasteiger partial charge in [0.25, 0.3) is 0 Å². The third kappa shape index (κ3) is 3.47. The van der Waals surface area contributed by atoms with Crippen LogP contribution in [0.2, 0.25) is 0 Å². The molecule has 0 aliphatic heterocycles. The zero-order valence-corrected chi connectivity index (χ0v) is 11.5. The molecule has 0 fully saturated rings. The number of carbonyl (C=O) groups is 1. The van der Waals surface area contributed by atoms with Crippen LogP contribution < -0.4 is 11.2 Å². The maximum Gasteiger partial charge on any atom is 0.237 e. The van der Waals surface area contributed by atoms with E-state index in [1.54, 1.807) is 6.92 Å². The van der Waals surface area contributed by atoms with Crippen molar-refractivity contribution < 1.29 is 4.79 Å². The lowest BCUT2D eigenvalue weighted by molar-refractivity contribution is -0.115. The van der Waals surface area contributed by atoms with Crippen molar-refractivity contribution in [2.75, 3.05) is 11.2 Å². The van der Waals surface area contributed by atoms with Crippen LogP contribution in [0.3, 0.4) is 0 Å². The van der Waals surface area contributed by atoms with E-state index in [1.165, 1.54) is 22.8 Å². The van der Waals surface area contributed by atoms with Crippen molar-refractivity contribution in [3.05, 3.63) is 36.2 Å². The molecule has 100 valence electrons. The summed E-state index contributed by atoms with van der Waals surface area (Å²) in [6.45, 7) is 3.79. The quantitative estimate of drug-likeness (QED) is 0.652. The molecule has 1 amide bonds. The summed E-state index contributed by atoms with van der Waals surface area (Å²) in [5.41, 5.74) is 1.92. The highest BCUT2D eigenvalue weighted by molar-refractivity contribution is 8.00. The smallest absolute Gasteiger partial charge is 0.237 e. The van der Waals surface area contributed by atoms with Gasteiger partial charge in [0, 0.05) is 5.69 Å². The Kier molecular flexibility index (Phi) is 4.06. The van der Waals surface area contributed by atoms with Crippen LogP contribution in [0.1, 0.15) is 12.5 Å². The third-order valence-corrected chi connectivity index (χ3v) is 3.58. The zero-order valence-electron chi connectivity index (χ0n) is 10.7. The fraction of sp³-hybridized carbons (Fsp3) is 0.250. The van der Waals surface area contributed by atoms with E-state index < -0.39 is 0 Å². The van der Waals surface area contributed by atoms with Crippen LogP contribution in [0, 0.1) is 6.92 Å². The largest absolute Gasteiger partial charge is 0.336 e. The summed E-state index contributed by atoms with van der Waals surface area (Å²) in [4.78, 5) is 12.0. The second kappa shape index (κ2) is 5.75.